The van der Waals surface area contributed by atoms with E-state index >= 15 is 0 Å². The lowest BCUT2D eigenvalue weighted by Crippen LogP contribution is -2.40. The maximum absolute atomic E-state index is 13.1. The minimum absolute atomic E-state index is 0.0653. The minimum atomic E-state index is -0.293. The third-order valence-corrected chi connectivity index (χ3v) is 5.87. The zero-order valence-electron chi connectivity index (χ0n) is 21.5. The Hall–Kier alpha value is -3.16. The average Bonchev–Trinajstić information content (AvgIpc) is 3.27. The van der Waals surface area contributed by atoms with Crippen molar-refractivity contribution in [3.63, 3.8) is 0 Å². The van der Waals surface area contributed by atoms with Crippen LogP contribution in [0.25, 0.3) is 5.69 Å². The molecular formula is C28H35ClN4O3. The minimum Gasteiger partial charge on any atom is -0.367 e. The molecule has 0 aliphatic carbocycles. The van der Waals surface area contributed by atoms with Crippen LogP contribution < -0.4 is 5.32 Å². The van der Waals surface area contributed by atoms with E-state index in [0.717, 1.165) is 29.8 Å². The van der Waals surface area contributed by atoms with Gasteiger partial charge in [-0.2, -0.15) is 5.10 Å². The number of amides is 2. The van der Waals surface area contributed by atoms with Gasteiger partial charge in [0.1, 0.15) is 12.4 Å². The van der Waals surface area contributed by atoms with Gasteiger partial charge in [-0.25, -0.2) is 4.68 Å². The molecule has 0 radical (unpaired) electrons. The Morgan fingerprint density at radius 2 is 1.78 bits per heavy atom. The second-order valence-corrected chi connectivity index (χ2v) is 10.2. The number of ether oxygens (including phenoxy) is 1. The predicted octanol–water partition coefficient (Wildman–Crippen LogP) is 5.61. The molecule has 192 valence electrons. The van der Waals surface area contributed by atoms with Gasteiger partial charge in [0, 0.05) is 23.0 Å². The topological polar surface area (TPSA) is 76.5 Å². The Kier molecular flexibility index (Phi) is 9.67. The number of benzene rings is 2. The summed E-state index contributed by atoms with van der Waals surface area (Å²) in [5.74, 6) is 0.0321. The molecule has 1 aromatic heterocycles. The van der Waals surface area contributed by atoms with Crippen LogP contribution in [0.5, 0.6) is 0 Å². The fourth-order valence-corrected chi connectivity index (χ4v) is 3.66. The van der Waals surface area contributed by atoms with Gasteiger partial charge in [0.25, 0.3) is 0 Å². The summed E-state index contributed by atoms with van der Waals surface area (Å²) >= 11 is 6.05. The van der Waals surface area contributed by atoms with Crippen LogP contribution in [0.15, 0.2) is 60.7 Å². The molecule has 3 rings (SSSR count). The molecule has 0 aliphatic rings. The molecule has 0 unspecified atom stereocenters. The summed E-state index contributed by atoms with van der Waals surface area (Å²) in [6.45, 7) is 8.92. The van der Waals surface area contributed by atoms with Crippen molar-refractivity contribution < 1.29 is 14.3 Å². The van der Waals surface area contributed by atoms with Crippen LogP contribution in [0.2, 0.25) is 5.02 Å². The second kappa shape index (κ2) is 12.7. The molecule has 0 saturated carbocycles. The van der Waals surface area contributed by atoms with E-state index in [2.05, 4.69) is 26.1 Å². The number of carbonyl (C=O) groups excluding carboxylic acids is 2. The van der Waals surface area contributed by atoms with Crippen molar-refractivity contribution in [3.8, 4) is 5.69 Å². The molecule has 1 N–H and O–H groups in total. The van der Waals surface area contributed by atoms with E-state index in [-0.39, 0.29) is 30.4 Å². The van der Waals surface area contributed by atoms with E-state index in [9.17, 15) is 9.59 Å². The van der Waals surface area contributed by atoms with Crippen molar-refractivity contribution in [2.75, 3.05) is 25.0 Å². The highest BCUT2D eigenvalue weighted by Crippen LogP contribution is 2.27. The SMILES string of the molecule is CCCCN(CC(=O)Nc1cc(C(C)(C)C)nn1-c1ccc(Cl)cc1)C(=O)COCc1ccccc1. The first kappa shape index (κ1) is 27.4. The molecule has 2 amide bonds. The monoisotopic (exact) mass is 510 g/mol. The summed E-state index contributed by atoms with van der Waals surface area (Å²) in [4.78, 5) is 27.5. The highest BCUT2D eigenvalue weighted by molar-refractivity contribution is 6.30. The number of carbonyl (C=O) groups is 2. The maximum Gasteiger partial charge on any atom is 0.249 e. The lowest BCUT2D eigenvalue weighted by atomic mass is 9.92. The molecule has 7 nitrogen and oxygen atoms in total. The molecule has 36 heavy (non-hydrogen) atoms. The molecular weight excluding hydrogens is 476 g/mol. The van der Waals surface area contributed by atoms with Crippen molar-refractivity contribution in [2.24, 2.45) is 0 Å². The number of nitrogens with zero attached hydrogens (tertiary/aromatic N) is 3. The summed E-state index contributed by atoms with van der Waals surface area (Å²) < 4.78 is 7.31. The van der Waals surface area contributed by atoms with Crippen LogP contribution in [0.3, 0.4) is 0 Å². The normalized spacial score (nSPS) is 11.4. The zero-order valence-corrected chi connectivity index (χ0v) is 22.2. The van der Waals surface area contributed by atoms with E-state index in [1.54, 1.807) is 21.7 Å². The number of rotatable bonds is 11. The van der Waals surface area contributed by atoms with E-state index in [4.69, 9.17) is 21.4 Å². The molecule has 2 aromatic carbocycles. The maximum atomic E-state index is 13.1. The number of aromatic nitrogens is 2. The van der Waals surface area contributed by atoms with Gasteiger partial charge >= 0.3 is 0 Å². The van der Waals surface area contributed by atoms with Gasteiger partial charge in [0.15, 0.2) is 0 Å². The van der Waals surface area contributed by atoms with Crippen molar-refractivity contribution >= 4 is 29.2 Å². The molecule has 0 saturated heterocycles. The van der Waals surface area contributed by atoms with Crippen LogP contribution >= 0.6 is 11.6 Å². The molecule has 0 fully saturated rings. The van der Waals surface area contributed by atoms with Crippen LogP contribution in [0, 0.1) is 0 Å². The van der Waals surface area contributed by atoms with Gasteiger partial charge in [-0.3, -0.25) is 9.59 Å². The van der Waals surface area contributed by atoms with Crippen molar-refractivity contribution in [1.82, 2.24) is 14.7 Å². The zero-order chi connectivity index (χ0) is 26.1. The molecule has 8 heteroatoms. The van der Waals surface area contributed by atoms with Gasteiger partial charge < -0.3 is 15.0 Å². The standard InChI is InChI=1S/C28H35ClN4O3/c1-5-6-16-32(27(35)20-36-19-21-10-8-7-9-11-21)18-26(34)30-25-17-24(28(2,3)4)31-33(25)23-14-12-22(29)13-15-23/h7-15,17H,5-6,16,18-20H2,1-4H3,(H,30,34). The summed E-state index contributed by atoms with van der Waals surface area (Å²) in [6.07, 6.45) is 1.71. The molecule has 0 spiro atoms. The number of anilines is 1. The Balaban J connectivity index is 1.70. The number of hydrogen-bond acceptors (Lipinski definition) is 4. The van der Waals surface area contributed by atoms with E-state index in [0.29, 0.717) is 24.0 Å². The fourth-order valence-electron chi connectivity index (χ4n) is 3.53. The second-order valence-electron chi connectivity index (χ2n) is 9.75. The first-order valence-electron chi connectivity index (χ1n) is 12.2. The van der Waals surface area contributed by atoms with Gasteiger partial charge in [0.2, 0.25) is 11.8 Å². The number of halogens is 1. The van der Waals surface area contributed by atoms with E-state index < -0.39 is 0 Å². The van der Waals surface area contributed by atoms with Crippen LogP contribution in [-0.2, 0) is 26.3 Å². The number of hydrogen-bond donors (Lipinski definition) is 1. The Bertz CT molecular complexity index is 1140. The highest BCUT2D eigenvalue weighted by Gasteiger charge is 2.23. The smallest absolute Gasteiger partial charge is 0.249 e. The first-order valence-corrected chi connectivity index (χ1v) is 12.6. The summed E-state index contributed by atoms with van der Waals surface area (Å²) in [7, 11) is 0. The molecule has 1 heterocycles. The van der Waals surface area contributed by atoms with E-state index in [1.807, 2.05) is 55.5 Å². The number of nitrogens with one attached hydrogen (secondary N) is 1. The predicted molar refractivity (Wildman–Crippen MR) is 143 cm³/mol. The number of unbranched alkanes of at least 4 members (excludes halogenated alkanes) is 1. The van der Waals surface area contributed by atoms with E-state index in [1.165, 1.54) is 0 Å². The van der Waals surface area contributed by atoms with Crippen LogP contribution in [0.1, 0.15) is 51.8 Å². The van der Waals surface area contributed by atoms with Crippen molar-refractivity contribution in [3.05, 3.63) is 76.9 Å². The summed E-state index contributed by atoms with van der Waals surface area (Å²) in [5, 5.41) is 8.30. The average molecular weight is 511 g/mol. The van der Waals surface area contributed by atoms with Crippen molar-refractivity contribution in [1.29, 1.82) is 0 Å². The Labute approximate surface area is 218 Å². The van der Waals surface area contributed by atoms with Gasteiger partial charge in [-0.1, -0.05) is 76.0 Å². The Morgan fingerprint density at radius 1 is 1.08 bits per heavy atom. The lowest BCUT2D eigenvalue weighted by molar-refractivity contribution is -0.139. The third kappa shape index (κ3) is 7.93. The van der Waals surface area contributed by atoms with Gasteiger partial charge in [0.05, 0.1) is 24.5 Å². The summed E-state index contributed by atoms with van der Waals surface area (Å²) in [6, 6.07) is 18.8. The van der Waals surface area contributed by atoms with Crippen molar-refractivity contribution in [2.45, 2.75) is 52.6 Å². The fraction of sp³-hybridized carbons (Fsp3) is 0.393. The molecule has 0 aliphatic heterocycles. The molecule has 3 aromatic rings. The third-order valence-electron chi connectivity index (χ3n) is 5.62. The summed E-state index contributed by atoms with van der Waals surface area (Å²) in [5.41, 5.74) is 2.39. The first-order chi connectivity index (χ1) is 17.2. The lowest BCUT2D eigenvalue weighted by Gasteiger charge is -2.22. The van der Waals surface area contributed by atoms with Gasteiger partial charge in [-0.15, -0.1) is 0 Å². The van der Waals surface area contributed by atoms with Crippen LogP contribution in [0.4, 0.5) is 5.82 Å². The quantitative estimate of drug-likeness (QED) is 0.364. The Morgan fingerprint density at radius 3 is 2.42 bits per heavy atom. The van der Waals surface area contributed by atoms with Gasteiger partial charge in [-0.05, 0) is 36.2 Å². The largest absolute Gasteiger partial charge is 0.367 e. The molecule has 0 bridgehead atoms. The highest BCUT2D eigenvalue weighted by atomic mass is 35.5. The molecule has 0 atom stereocenters. The van der Waals surface area contributed by atoms with Crippen LogP contribution in [-0.4, -0.2) is 46.2 Å².